The quantitative estimate of drug-likeness (QED) is 0.477. The predicted octanol–water partition coefficient (Wildman–Crippen LogP) is 0.344. The van der Waals surface area contributed by atoms with Gasteiger partial charge in [-0.15, -0.1) is 0 Å². The first-order valence-electron chi connectivity index (χ1n) is 7.23. The van der Waals surface area contributed by atoms with Crippen LogP contribution in [-0.2, 0) is 14.3 Å². The van der Waals surface area contributed by atoms with Gasteiger partial charge in [0.25, 0.3) is 0 Å². The van der Waals surface area contributed by atoms with Gasteiger partial charge in [-0.05, 0) is 39.2 Å². The molecule has 1 amide bonds. The summed E-state index contributed by atoms with van der Waals surface area (Å²) < 4.78 is 10.2. The van der Waals surface area contributed by atoms with Crippen LogP contribution in [0.5, 0.6) is 0 Å². The van der Waals surface area contributed by atoms with Gasteiger partial charge < -0.3 is 25.8 Å². The summed E-state index contributed by atoms with van der Waals surface area (Å²) in [6.07, 6.45) is 3.52. The molecule has 0 spiro atoms. The lowest BCUT2D eigenvalue weighted by Gasteiger charge is -2.23. The Morgan fingerprint density at radius 1 is 1.05 bits per heavy atom. The molecule has 1 atom stereocenters. The molecule has 0 aromatic rings. The van der Waals surface area contributed by atoms with E-state index in [2.05, 4.69) is 4.90 Å². The van der Waals surface area contributed by atoms with Gasteiger partial charge in [0, 0.05) is 33.9 Å². The maximum absolute atomic E-state index is 11.1. The van der Waals surface area contributed by atoms with Gasteiger partial charge in [0.15, 0.2) is 0 Å². The smallest absolute Gasteiger partial charge is 0.237 e. The molecule has 0 rings (SSSR count). The summed E-state index contributed by atoms with van der Waals surface area (Å²) in [4.78, 5) is 13.5. The van der Waals surface area contributed by atoms with E-state index in [1.165, 1.54) is 0 Å². The fourth-order valence-electron chi connectivity index (χ4n) is 1.94. The number of hydrogen-bond donors (Lipinski definition) is 2. The molecule has 1 unspecified atom stereocenters. The zero-order valence-electron chi connectivity index (χ0n) is 13.2. The van der Waals surface area contributed by atoms with Gasteiger partial charge in [-0.3, -0.25) is 4.79 Å². The number of carbonyl (C=O) groups excluding carboxylic acids is 1. The topological polar surface area (TPSA) is 90.8 Å². The fourth-order valence-corrected chi connectivity index (χ4v) is 1.94. The Labute approximate surface area is 122 Å². The second-order valence-electron chi connectivity index (χ2n) is 5.42. The number of carbonyl (C=O) groups is 1. The van der Waals surface area contributed by atoms with Crippen LogP contribution in [0.1, 0.15) is 32.6 Å². The zero-order valence-corrected chi connectivity index (χ0v) is 13.2. The number of primary amides is 1. The third-order valence-electron chi connectivity index (χ3n) is 3.42. The number of unbranched alkanes of at least 4 members (excludes halogenated alkanes) is 1. The summed E-state index contributed by atoms with van der Waals surface area (Å²) in [5.41, 5.74) is 10.2. The molecule has 0 radical (unpaired) electrons. The minimum absolute atomic E-state index is 0.436. The molecule has 0 aromatic heterocycles. The van der Waals surface area contributed by atoms with E-state index in [9.17, 15) is 4.79 Å². The van der Waals surface area contributed by atoms with Crippen molar-refractivity contribution in [2.75, 3.05) is 47.1 Å². The van der Waals surface area contributed by atoms with Crippen LogP contribution in [0.25, 0.3) is 0 Å². The van der Waals surface area contributed by atoms with E-state index in [0.29, 0.717) is 6.42 Å². The molecule has 0 bridgehead atoms. The summed E-state index contributed by atoms with van der Waals surface area (Å²) >= 11 is 0. The van der Waals surface area contributed by atoms with E-state index in [1.54, 1.807) is 21.1 Å². The number of nitrogens with zero attached hydrogens (tertiary/aromatic N) is 1. The third-order valence-corrected chi connectivity index (χ3v) is 3.42. The van der Waals surface area contributed by atoms with Crippen LogP contribution in [0, 0.1) is 0 Å². The molecule has 0 saturated carbocycles. The molecule has 20 heavy (non-hydrogen) atoms. The number of rotatable bonds is 13. The summed E-state index contributed by atoms with van der Waals surface area (Å²) in [6.45, 7) is 6.07. The normalized spacial score (nSPS) is 14.4. The summed E-state index contributed by atoms with van der Waals surface area (Å²) in [7, 11) is 3.42. The monoisotopic (exact) mass is 289 g/mol. The highest BCUT2D eigenvalue weighted by molar-refractivity contribution is 5.83. The molecule has 120 valence electrons. The van der Waals surface area contributed by atoms with Gasteiger partial charge in [0.05, 0.1) is 12.1 Å². The van der Waals surface area contributed by atoms with Gasteiger partial charge in [-0.2, -0.15) is 0 Å². The maximum Gasteiger partial charge on any atom is 0.237 e. The first kappa shape index (κ1) is 19.3. The minimum atomic E-state index is -0.895. The maximum atomic E-state index is 11.1. The Morgan fingerprint density at radius 2 is 1.65 bits per heavy atom. The Bertz CT molecular complexity index is 260. The number of nitrogens with two attached hydrogens (primary N) is 2. The number of hydrogen-bond acceptors (Lipinski definition) is 5. The van der Waals surface area contributed by atoms with Gasteiger partial charge in [-0.25, -0.2) is 0 Å². The van der Waals surface area contributed by atoms with E-state index >= 15 is 0 Å². The first-order valence-corrected chi connectivity index (χ1v) is 7.23. The Morgan fingerprint density at radius 3 is 2.20 bits per heavy atom. The highest BCUT2D eigenvalue weighted by atomic mass is 16.5. The van der Waals surface area contributed by atoms with E-state index < -0.39 is 11.4 Å². The average molecular weight is 289 g/mol. The van der Waals surface area contributed by atoms with Crippen molar-refractivity contribution in [2.45, 2.75) is 38.1 Å². The van der Waals surface area contributed by atoms with Crippen LogP contribution in [0.3, 0.4) is 0 Å². The second-order valence-corrected chi connectivity index (χ2v) is 5.42. The summed E-state index contributed by atoms with van der Waals surface area (Å²) in [5.74, 6) is -0.436. The molecular formula is C14H31N3O3. The van der Waals surface area contributed by atoms with Gasteiger partial charge in [0.2, 0.25) is 5.91 Å². The highest BCUT2D eigenvalue weighted by Gasteiger charge is 2.24. The van der Waals surface area contributed by atoms with Crippen LogP contribution in [0.15, 0.2) is 0 Å². The first-order chi connectivity index (χ1) is 9.44. The zero-order chi connectivity index (χ0) is 15.4. The van der Waals surface area contributed by atoms with Crippen LogP contribution >= 0.6 is 0 Å². The van der Waals surface area contributed by atoms with Crippen molar-refractivity contribution in [3.05, 3.63) is 0 Å². The van der Waals surface area contributed by atoms with Gasteiger partial charge in [-0.1, -0.05) is 0 Å². The van der Waals surface area contributed by atoms with Crippen LogP contribution in [-0.4, -0.2) is 63.4 Å². The molecule has 6 heteroatoms. The minimum Gasteiger partial charge on any atom is -0.385 e. The summed E-state index contributed by atoms with van der Waals surface area (Å²) in [5, 5.41) is 0. The Hall–Kier alpha value is -0.690. The van der Waals surface area contributed by atoms with E-state index in [1.807, 2.05) is 0 Å². The summed E-state index contributed by atoms with van der Waals surface area (Å²) in [6, 6.07) is 0. The molecule has 0 aliphatic heterocycles. The molecule has 6 nitrogen and oxygen atoms in total. The average Bonchev–Trinajstić information content (AvgIpc) is 2.40. The molecule has 0 aliphatic rings. The molecule has 4 N–H and O–H groups in total. The van der Waals surface area contributed by atoms with E-state index in [-0.39, 0.29) is 0 Å². The van der Waals surface area contributed by atoms with Crippen molar-refractivity contribution in [1.82, 2.24) is 4.90 Å². The molecule has 0 heterocycles. The number of amides is 1. The standard InChI is InChI=1S/C14H31N3O3/c1-14(16,13(15)18)7-4-5-8-17(10-12-20-3)9-6-11-19-2/h4-12,16H2,1-3H3,(H2,15,18). The molecule has 0 aromatic carbocycles. The van der Waals surface area contributed by atoms with E-state index in [4.69, 9.17) is 20.9 Å². The largest absolute Gasteiger partial charge is 0.385 e. The number of ether oxygens (including phenoxy) is 2. The van der Waals surface area contributed by atoms with Crippen LogP contribution in [0.4, 0.5) is 0 Å². The lowest BCUT2D eigenvalue weighted by atomic mass is 9.95. The Kier molecular flexibility index (Phi) is 10.6. The van der Waals surface area contributed by atoms with Gasteiger partial charge in [0.1, 0.15) is 0 Å². The molecule has 0 saturated heterocycles. The van der Waals surface area contributed by atoms with Gasteiger partial charge >= 0.3 is 0 Å². The van der Waals surface area contributed by atoms with Crippen LogP contribution in [0.2, 0.25) is 0 Å². The lowest BCUT2D eigenvalue weighted by Crippen LogP contribution is -2.49. The molecule has 0 fully saturated rings. The predicted molar refractivity (Wildman–Crippen MR) is 80.4 cm³/mol. The van der Waals surface area contributed by atoms with Crippen molar-refractivity contribution < 1.29 is 14.3 Å². The fraction of sp³-hybridized carbons (Fsp3) is 0.929. The Balaban J connectivity index is 3.90. The SMILES string of the molecule is COCCCN(CCCCC(C)(N)C(N)=O)CCOC. The van der Waals surface area contributed by atoms with Crippen molar-refractivity contribution in [2.24, 2.45) is 11.5 Å². The van der Waals surface area contributed by atoms with Crippen molar-refractivity contribution in [1.29, 1.82) is 0 Å². The van der Waals surface area contributed by atoms with Crippen molar-refractivity contribution in [3.63, 3.8) is 0 Å². The molecule has 0 aliphatic carbocycles. The third kappa shape index (κ3) is 9.25. The van der Waals surface area contributed by atoms with Crippen molar-refractivity contribution in [3.8, 4) is 0 Å². The highest BCUT2D eigenvalue weighted by Crippen LogP contribution is 2.10. The van der Waals surface area contributed by atoms with Crippen LogP contribution < -0.4 is 11.5 Å². The van der Waals surface area contributed by atoms with Crippen molar-refractivity contribution >= 4 is 5.91 Å². The molecular weight excluding hydrogens is 258 g/mol. The van der Waals surface area contributed by atoms with E-state index in [0.717, 1.165) is 52.1 Å². The second kappa shape index (κ2) is 11.0. The number of methoxy groups -OCH3 is 2. The lowest BCUT2D eigenvalue weighted by molar-refractivity contribution is -0.122.